The molecule has 9 heteroatoms. The fraction of sp³-hybridized carbons (Fsp3) is 0.310. The average Bonchev–Trinajstić information content (AvgIpc) is 2.89. The first kappa shape index (κ1) is 29.8. The number of urea groups is 1. The minimum Gasteiger partial charge on any atom is -0.444 e. The van der Waals surface area contributed by atoms with E-state index in [9.17, 15) is 14.4 Å². The van der Waals surface area contributed by atoms with Crippen LogP contribution in [0.15, 0.2) is 80.1 Å². The van der Waals surface area contributed by atoms with Crippen LogP contribution < -0.4 is 10.2 Å². The van der Waals surface area contributed by atoms with Crippen molar-refractivity contribution in [1.82, 2.24) is 14.8 Å². The summed E-state index contributed by atoms with van der Waals surface area (Å²) in [7, 11) is 1.51. The number of benzene rings is 1. The number of pyridine rings is 1. The second kappa shape index (κ2) is 12.7. The molecule has 1 aliphatic rings. The van der Waals surface area contributed by atoms with E-state index in [-0.39, 0.29) is 12.6 Å². The molecule has 0 saturated heterocycles. The van der Waals surface area contributed by atoms with Crippen LogP contribution in [0.2, 0.25) is 0 Å². The van der Waals surface area contributed by atoms with Crippen LogP contribution in [0.5, 0.6) is 0 Å². The summed E-state index contributed by atoms with van der Waals surface area (Å²) in [6.07, 6.45) is 2.82. The molecule has 0 spiro atoms. The van der Waals surface area contributed by atoms with Crippen molar-refractivity contribution in [2.45, 2.75) is 52.8 Å². The molecule has 1 aromatic heterocycles. The van der Waals surface area contributed by atoms with E-state index in [2.05, 4.69) is 30.0 Å². The molecule has 0 saturated carbocycles. The highest BCUT2D eigenvalue weighted by molar-refractivity contribution is 6.03. The van der Waals surface area contributed by atoms with Crippen molar-refractivity contribution in [2.24, 2.45) is 0 Å². The Morgan fingerprint density at radius 1 is 1.16 bits per heavy atom. The summed E-state index contributed by atoms with van der Waals surface area (Å²) in [6, 6.07) is 11.7. The van der Waals surface area contributed by atoms with Crippen LogP contribution in [0.1, 0.15) is 40.3 Å². The van der Waals surface area contributed by atoms with Crippen molar-refractivity contribution in [3.63, 3.8) is 0 Å². The van der Waals surface area contributed by atoms with Crippen molar-refractivity contribution >= 4 is 35.2 Å². The van der Waals surface area contributed by atoms with E-state index in [1.54, 1.807) is 61.8 Å². The zero-order valence-corrected chi connectivity index (χ0v) is 23.0. The van der Waals surface area contributed by atoms with Crippen molar-refractivity contribution in [3.8, 4) is 0 Å². The number of rotatable bonds is 6. The van der Waals surface area contributed by atoms with E-state index in [1.807, 2.05) is 37.3 Å². The molecule has 38 heavy (non-hydrogen) atoms. The number of nitrogens with zero attached hydrogens (tertiary/aromatic N) is 4. The van der Waals surface area contributed by atoms with Gasteiger partial charge in [0.05, 0.1) is 23.6 Å². The van der Waals surface area contributed by atoms with E-state index < -0.39 is 23.6 Å². The number of amides is 4. The third kappa shape index (κ3) is 6.88. The predicted octanol–water partition coefficient (Wildman–Crippen LogP) is 6.24. The Hall–Kier alpha value is -4.40. The molecule has 2 aromatic rings. The lowest BCUT2D eigenvalue weighted by Gasteiger charge is -2.37. The zero-order valence-electron chi connectivity index (χ0n) is 23.0. The molecule has 0 fully saturated rings. The van der Waals surface area contributed by atoms with E-state index >= 15 is 0 Å². The molecule has 0 bridgehead atoms. The molecular weight excluding hydrogens is 482 g/mol. The van der Waals surface area contributed by atoms with Crippen LogP contribution in [0, 0.1) is 0 Å². The van der Waals surface area contributed by atoms with Crippen molar-refractivity contribution in [2.75, 3.05) is 17.3 Å². The van der Waals surface area contributed by atoms with E-state index in [0.717, 1.165) is 0 Å². The maximum Gasteiger partial charge on any atom is 0.410 e. The molecule has 202 valence electrons. The van der Waals surface area contributed by atoms with E-state index in [1.165, 1.54) is 11.9 Å². The highest BCUT2D eigenvalue weighted by atomic mass is 16.6. The number of ether oxygens (including phenoxy) is 1. The number of hydrogen-bond acceptors (Lipinski definition) is 5. The van der Waals surface area contributed by atoms with Crippen LogP contribution in [0.3, 0.4) is 0 Å². The van der Waals surface area contributed by atoms with Gasteiger partial charge in [0, 0.05) is 12.7 Å². The molecule has 0 radical (unpaired) electrons. The molecular formula is C29H37N5O4. The SMILES string of the molecule is C=C.C=C/C(=C\C)N1Cc2nc(NC(=O)[C@H](C)N(C)C(=O)OC(C)(C)C)ccc2N(c2ccccc2)C1=O. The van der Waals surface area contributed by atoms with Gasteiger partial charge in [-0.15, -0.1) is 13.2 Å². The van der Waals surface area contributed by atoms with Crippen LogP contribution in [0.25, 0.3) is 0 Å². The van der Waals surface area contributed by atoms with E-state index in [0.29, 0.717) is 28.6 Å². The molecule has 4 amide bonds. The number of fused-ring (bicyclic) bond motifs is 1. The van der Waals surface area contributed by atoms with Crippen LogP contribution in [0.4, 0.5) is 26.8 Å². The fourth-order valence-corrected chi connectivity index (χ4v) is 3.64. The average molecular weight is 520 g/mol. The number of carbonyl (C=O) groups excluding carboxylic acids is 3. The van der Waals surface area contributed by atoms with Gasteiger partial charge in [-0.2, -0.15) is 0 Å². The Morgan fingerprint density at radius 3 is 2.34 bits per heavy atom. The molecule has 1 atom stereocenters. The summed E-state index contributed by atoms with van der Waals surface area (Å²) >= 11 is 0. The quantitative estimate of drug-likeness (QED) is 0.360. The molecule has 0 aliphatic carbocycles. The summed E-state index contributed by atoms with van der Waals surface area (Å²) in [5, 5.41) is 2.77. The van der Waals surface area contributed by atoms with Gasteiger partial charge in [0.15, 0.2) is 0 Å². The predicted molar refractivity (Wildman–Crippen MR) is 151 cm³/mol. The molecule has 9 nitrogen and oxygen atoms in total. The van der Waals surface area contributed by atoms with Gasteiger partial charge < -0.3 is 10.1 Å². The lowest BCUT2D eigenvalue weighted by molar-refractivity contribution is -0.120. The maximum atomic E-state index is 13.5. The summed E-state index contributed by atoms with van der Waals surface area (Å²) in [4.78, 5) is 47.8. The Morgan fingerprint density at radius 2 is 1.79 bits per heavy atom. The van der Waals surface area contributed by atoms with Crippen LogP contribution in [-0.2, 0) is 16.1 Å². The summed E-state index contributed by atoms with van der Waals surface area (Å²) < 4.78 is 5.35. The maximum absolute atomic E-state index is 13.5. The van der Waals surface area contributed by atoms with E-state index in [4.69, 9.17) is 4.74 Å². The minimum atomic E-state index is -0.799. The van der Waals surface area contributed by atoms with Crippen molar-refractivity contribution in [3.05, 3.63) is 85.7 Å². The number of para-hydroxylation sites is 1. The molecule has 2 heterocycles. The van der Waals surface area contributed by atoms with Gasteiger partial charge in [-0.05, 0) is 65.0 Å². The highest BCUT2D eigenvalue weighted by Gasteiger charge is 2.34. The number of likely N-dealkylation sites (N-methyl/N-ethyl adjacent to an activating group) is 1. The third-order valence-electron chi connectivity index (χ3n) is 5.65. The Bertz CT molecular complexity index is 1200. The number of carbonyl (C=O) groups is 3. The van der Waals surface area contributed by atoms with Crippen LogP contribution in [-0.4, -0.2) is 51.5 Å². The van der Waals surface area contributed by atoms with Gasteiger partial charge in [-0.1, -0.05) is 30.9 Å². The summed E-state index contributed by atoms with van der Waals surface area (Å²) in [6.45, 7) is 18.8. The Labute approximate surface area is 225 Å². The lowest BCUT2D eigenvalue weighted by atomic mass is 10.1. The van der Waals surface area contributed by atoms with Crippen molar-refractivity contribution in [1.29, 1.82) is 0 Å². The number of aromatic nitrogens is 1. The molecule has 3 rings (SSSR count). The largest absolute Gasteiger partial charge is 0.444 e. The fourth-order valence-electron chi connectivity index (χ4n) is 3.64. The van der Waals surface area contributed by atoms with Crippen LogP contribution >= 0.6 is 0 Å². The van der Waals surface area contributed by atoms with Gasteiger partial charge in [0.1, 0.15) is 17.5 Å². The smallest absolute Gasteiger partial charge is 0.410 e. The molecule has 1 aromatic carbocycles. The third-order valence-corrected chi connectivity index (χ3v) is 5.65. The zero-order chi connectivity index (χ0) is 28.6. The number of hydrogen-bond donors (Lipinski definition) is 1. The second-order valence-electron chi connectivity index (χ2n) is 9.38. The molecule has 1 aliphatic heterocycles. The summed E-state index contributed by atoms with van der Waals surface area (Å²) in [5.74, 6) is -0.106. The summed E-state index contributed by atoms with van der Waals surface area (Å²) in [5.41, 5.74) is 1.89. The standard InChI is InChI=1S/C27H33N5O4.C2H4/c1-8-19(9-2)31-17-21-22(32(25(31)34)20-13-11-10-12-14-20)15-16-23(28-21)29-24(33)18(3)30(7)26(35)36-27(4,5)6;1-2/h8-16,18H,1,17H2,2-7H3,(H,28,29,33);1-2H2/b19-9+;/t18-;/m0./s1. The topological polar surface area (TPSA) is 95.1 Å². The lowest BCUT2D eigenvalue weighted by Crippen LogP contribution is -2.45. The molecule has 0 unspecified atom stereocenters. The van der Waals surface area contributed by atoms with Gasteiger partial charge >= 0.3 is 12.1 Å². The first-order chi connectivity index (χ1) is 18.0. The van der Waals surface area contributed by atoms with Gasteiger partial charge in [0.2, 0.25) is 5.91 Å². The molecule has 1 N–H and O–H groups in total. The van der Waals surface area contributed by atoms with Gasteiger partial charge in [-0.3, -0.25) is 19.5 Å². The first-order valence-corrected chi connectivity index (χ1v) is 12.2. The first-order valence-electron chi connectivity index (χ1n) is 12.2. The Kier molecular flexibility index (Phi) is 9.98. The second-order valence-corrected chi connectivity index (χ2v) is 9.38. The number of nitrogens with one attached hydrogen (secondary N) is 1. The normalized spacial score (nSPS) is 13.9. The van der Waals surface area contributed by atoms with Gasteiger partial charge in [0.25, 0.3) is 0 Å². The monoisotopic (exact) mass is 519 g/mol. The van der Waals surface area contributed by atoms with Gasteiger partial charge in [-0.25, -0.2) is 14.6 Å². The Balaban J connectivity index is 0.00000247. The van der Waals surface area contributed by atoms with Crippen molar-refractivity contribution < 1.29 is 19.1 Å². The number of allylic oxidation sites excluding steroid dienone is 2. The number of anilines is 3. The minimum absolute atomic E-state index is 0.209. The highest BCUT2D eigenvalue weighted by Crippen LogP contribution is 2.36.